The lowest BCUT2D eigenvalue weighted by molar-refractivity contribution is -0.145. The van der Waals surface area contributed by atoms with Crippen molar-refractivity contribution in [1.29, 1.82) is 0 Å². The number of ether oxygens (including phenoxy) is 6. The minimum atomic E-state index is -1.03. The molecule has 6 heteroatoms. The van der Waals surface area contributed by atoms with Crippen LogP contribution in [0.25, 0.3) is 0 Å². The van der Waals surface area contributed by atoms with Gasteiger partial charge in [0.25, 0.3) is 0 Å². The molecule has 0 aromatic heterocycles. The van der Waals surface area contributed by atoms with E-state index in [9.17, 15) is 0 Å². The third-order valence-electron chi connectivity index (χ3n) is 22.3. The molecular formula is C92H128O6. The molecule has 0 radical (unpaired) electrons. The van der Waals surface area contributed by atoms with Crippen LogP contribution in [-0.4, -0.2) is 13.0 Å². The molecule has 6 aromatic rings. The second-order valence-corrected chi connectivity index (χ2v) is 30.9. The largest absolute Gasteiger partial charge is 0.422 e. The molecule has 0 unspecified atom stereocenters. The first kappa shape index (κ1) is 73.3. The molecule has 0 N–H and O–H groups in total. The molecule has 11 rings (SSSR count). The summed E-state index contributed by atoms with van der Waals surface area (Å²) in [5.41, 5.74) is 22.9. The van der Waals surface area contributed by atoms with Crippen molar-refractivity contribution in [3.8, 4) is 34.5 Å². The summed E-state index contributed by atoms with van der Waals surface area (Å²) in [7, 11) is 0. The molecule has 0 amide bonds. The van der Waals surface area contributed by atoms with Gasteiger partial charge in [-0.05, 0) is 177 Å². The first-order valence-electron chi connectivity index (χ1n) is 41.2. The highest BCUT2D eigenvalue weighted by atomic mass is 16.9. The summed E-state index contributed by atoms with van der Waals surface area (Å²) >= 11 is 0. The smallest absolute Gasteiger partial charge is 0.406 e. The summed E-state index contributed by atoms with van der Waals surface area (Å²) in [5, 5.41) is 0. The Balaban J connectivity index is 1.13. The Kier molecular flexibility index (Phi) is 29.0. The standard InChI is InChI=1S/C92H128O6/c1-7-13-19-25-31-37-43-67-49-73-61-81-57-71(47-41-35-29-23-17-11-5)58-82-63-75-51-69(45-39-33-27-21-15-9-3)55-79-66-80-56-70(46-40-34-28-22-16-10-4)52-76-64-84-60-72(48-42-36-30-24-18-12-6)59-83-62-74-50-68(44-38-32-26-20-14-8-2)54-78(86(74)94-92(96-88(76)80)98-90(83)84)65-77(53-67)85(73)93-91(95-87(75)79)97-89(81)82/h49-60,91-92H,7-48,61-66H2,1-6H3. The zero-order valence-corrected chi connectivity index (χ0v) is 62.5. The Morgan fingerprint density at radius 2 is 0.306 bits per heavy atom. The Labute approximate surface area is 595 Å². The number of unbranched alkanes of at least 4 members (excludes halogenated alkanes) is 30. The average molecular weight is 1330 g/mol. The quantitative estimate of drug-likeness (QED) is 0.0356. The molecule has 532 valence electrons. The van der Waals surface area contributed by atoms with Gasteiger partial charge in [-0.1, -0.05) is 307 Å². The van der Waals surface area contributed by atoms with Crippen LogP contribution in [0.3, 0.4) is 0 Å². The molecule has 6 aromatic carbocycles. The van der Waals surface area contributed by atoms with Crippen molar-refractivity contribution in [2.24, 2.45) is 0 Å². The molecule has 98 heavy (non-hydrogen) atoms. The van der Waals surface area contributed by atoms with E-state index in [0.717, 1.165) is 147 Å². The minimum Gasteiger partial charge on any atom is -0.422 e. The number of benzene rings is 6. The Morgan fingerprint density at radius 1 is 0.184 bits per heavy atom. The number of hydrogen-bond acceptors (Lipinski definition) is 6. The van der Waals surface area contributed by atoms with Crippen LogP contribution >= 0.6 is 0 Å². The molecule has 0 fully saturated rings. The summed E-state index contributed by atoms with van der Waals surface area (Å²) in [6.45, 7) is 11.9. The number of aryl methyl sites for hydroxylation is 6. The maximum atomic E-state index is 7.67. The average Bonchev–Trinajstić information content (AvgIpc) is 0.756. The lowest BCUT2D eigenvalue weighted by Crippen LogP contribution is -2.36. The second-order valence-electron chi connectivity index (χ2n) is 30.9. The first-order chi connectivity index (χ1) is 48.3. The van der Waals surface area contributed by atoms with Gasteiger partial charge < -0.3 is 28.4 Å². The van der Waals surface area contributed by atoms with Crippen LogP contribution in [-0.2, 0) is 77.0 Å². The van der Waals surface area contributed by atoms with Gasteiger partial charge in [-0.25, -0.2) is 0 Å². The Hall–Kier alpha value is -5.88. The van der Waals surface area contributed by atoms with E-state index in [1.807, 2.05) is 0 Å². The van der Waals surface area contributed by atoms with E-state index in [4.69, 9.17) is 28.4 Å². The monoisotopic (exact) mass is 1330 g/mol. The van der Waals surface area contributed by atoms with Gasteiger partial charge in [0.1, 0.15) is 34.5 Å². The molecule has 0 aliphatic carbocycles. The van der Waals surface area contributed by atoms with Gasteiger partial charge in [-0.15, -0.1) is 0 Å². The van der Waals surface area contributed by atoms with Gasteiger partial charge >= 0.3 is 13.0 Å². The summed E-state index contributed by atoms with van der Waals surface area (Å²) < 4.78 is 45.6. The Morgan fingerprint density at radius 3 is 0.439 bits per heavy atom. The molecule has 0 spiro atoms. The maximum Gasteiger partial charge on any atom is 0.406 e. The summed E-state index contributed by atoms with van der Waals surface area (Å²) in [6, 6.07) is 30.1. The minimum absolute atomic E-state index is 0.610. The van der Waals surface area contributed by atoms with Gasteiger partial charge in [0.2, 0.25) is 0 Å². The normalized spacial score (nSPS) is 15.4. The molecule has 0 saturated carbocycles. The zero-order chi connectivity index (χ0) is 67.7. The lowest BCUT2D eigenvalue weighted by atomic mass is 9.86. The molecule has 0 saturated heterocycles. The van der Waals surface area contributed by atoms with Crippen molar-refractivity contribution in [2.75, 3.05) is 0 Å². The molecule has 8 bridgehead atoms. The van der Waals surface area contributed by atoms with Crippen LogP contribution in [0.4, 0.5) is 0 Å². The molecule has 0 atom stereocenters. The highest BCUT2D eigenvalue weighted by Crippen LogP contribution is 2.48. The van der Waals surface area contributed by atoms with E-state index >= 15 is 0 Å². The third-order valence-corrected chi connectivity index (χ3v) is 22.3. The molecule has 5 aliphatic rings. The van der Waals surface area contributed by atoms with Gasteiger partial charge in [0.05, 0.1) is 0 Å². The van der Waals surface area contributed by atoms with Crippen molar-refractivity contribution >= 4 is 0 Å². The van der Waals surface area contributed by atoms with E-state index in [1.165, 1.54) is 283 Å². The van der Waals surface area contributed by atoms with Crippen molar-refractivity contribution in [2.45, 2.75) is 363 Å². The van der Waals surface area contributed by atoms with E-state index in [-0.39, 0.29) is 0 Å². The van der Waals surface area contributed by atoms with Crippen molar-refractivity contribution in [3.63, 3.8) is 0 Å². The fourth-order valence-electron chi connectivity index (χ4n) is 16.9. The zero-order valence-electron chi connectivity index (χ0n) is 62.5. The molecular weight excluding hydrogens is 1200 g/mol. The topological polar surface area (TPSA) is 55.4 Å². The lowest BCUT2D eigenvalue weighted by Gasteiger charge is -2.34. The highest BCUT2D eigenvalue weighted by molar-refractivity contribution is 5.61. The predicted octanol–water partition coefficient (Wildman–Crippen LogP) is 25.9. The predicted molar refractivity (Wildman–Crippen MR) is 409 cm³/mol. The van der Waals surface area contributed by atoms with Crippen LogP contribution in [0.15, 0.2) is 72.8 Å². The third kappa shape index (κ3) is 20.7. The van der Waals surface area contributed by atoms with E-state index < -0.39 is 13.0 Å². The van der Waals surface area contributed by atoms with E-state index in [2.05, 4.69) is 114 Å². The van der Waals surface area contributed by atoms with Crippen LogP contribution in [0.1, 0.15) is 373 Å². The van der Waals surface area contributed by atoms with Crippen LogP contribution in [0.2, 0.25) is 0 Å². The maximum absolute atomic E-state index is 7.67. The summed E-state index contributed by atoms with van der Waals surface area (Å²) in [4.78, 5) is 0. The van der Waals surface area contributed by atoms with Crippen LogP contribution in [0, 0.1) is 0 Å². The van der Waals surface area contributed by atoms with Crippen molar-refractivity contribution in [1.82, 2.24) is 0 Å². The van der Waals surface area contributed by atoms with Crippen molar-refractivity contribution < 1.29 is 28.4 Å². The molecule has 6 nitrogen and oxygen atoms in total. The first-order valence-corrected chi connectivity index (χ1v) is 41.2. The van der Waals surface area contributed by atoms with Crippen LogP contribution < -0.4 is 28.4 Å². The van der Waals surface area contributed by atoms with Gasteiger partial charge in [-0.3, -0.25) is 0 Å². The van der Waals surface area contributed by atoms with E-state index in [0.29, 0.717) is 12.8 Å². The van der Waals surface area contributed by atoms with Crippen LogP contribution in [0.5, 0.6) is 34.5 Å². The fraction of sp³-hybridized carbons (Fsp3) is 0.609. The number of rotatable bonds is 42. The second kappa shape index (κ2) is 38.8. The van der Waals surface area contributed by atoms with Gasteiger partial charge in [-0.2, -0.15) is 0 Å². The van der Waals surface area contributed by atoms with Gasteiger partial charge in [0, 0.05) is 38.5 Å². The molecule has 5 heterocycles. The van der Waals surface area contributed by atoms with Crippen molar-refractivity contribution in [3.05, 3.63) is 173 Å². The number of hydrogen-bond donors (Lipinski definition) is 0. The molecule has 5 aliphatic heterocycles. The fourth-order valence-corrected chi connectivity index (χ4v) is 16.9. The summed E-state index contributed by atoms with van der Waals surface area (Å²) in [5.74, 6) is 5.41. The Bertz CT molecular complexity index is 3030. The SMILES string of the molecule is CCCCCCCCc1cc2c3c(c1)Cc1cc(CCCCCCCC)cc4c1OC(O3)Oc1c(cc(CCCCCCCC)cc1Cc1cc(CCCCCCCC)cc3c1OC1Oc5c(cc(CCCCCCCC)cc5Cc5cc(CCCCCCCC)cc(c5O1)C4)C3)C2. The highest BCUT2D eigenvalue weighted by Gasteiger charge is 2.36. The summed E-state index contributed by atoms with van der Waals surface area (Å²) in [6.07, 6.45) is 55.9. The van der Waals surface area contributed by atoms with E-state index in [1.54, 1.807) is 0 Å². The van der Waals surface area contributed by atoms with Gasteiger partial charge in [0.15, 0.2) is 0 Å².